The Balaban J connectivity index is 1.49. The molecule has 0 spiro atoms. The van der Waals surface area contributed by atoms with Gasteiger partial charge in [-0.05, 0) is 90.5 Å². The lowest BCUT2D eigenvalue weighted by Crippen LogP contribution is -2.43. The smallest absolute Gasteiger partial charge is 0.0541 e. The van der Waals surface area contributed by atoms with Crippen LogP contribution in [0.2, 0.25) is 24.2 Å². The van der Waals surface area contributed by atoms with Crippen molar-refractivity contribution in [3.8, 4) is 0 Å². The summed E-state index contributed by atoms with van der Waals surface area (Å²) < 4.78 is 0. The van der Waals surface area contributed by atoms with Gasteiger partial charge in [-0.1, -0.05) is 105 Å². The Morgan fingerprint density at radius 2 is 1.19 bits per heavy atom. The molecule has 9 unspecified atom stereocenters. The van der Waals surface area contributed by atoms with E-state index in [4.69, 9.17) is 0 Å². The van der Waals surface area contributed by atoms with Crippen LogP contribution in [-0.2, 0) is 0 Å². The predicted molar refractivity (Wildman–Crippen MR) is 145 cm³/mol. The summed E-state index contributed by atoms with van der Waals surface area (Å²) in [4.78, 5) is 0. The molecular formula is C31H58Si. The first kappa shape index (κ1) is 25.3. The van der Waals surface area contributed by atoms with Gasteiger partial charge in [0.05, 0.1) is 8.07 Å². The summed E-state index contributed by atoms with van der Waals surface area (Å²) in [6.45, 7) is 15.7. The molecule has 4 saturated carbocycles. The second-order valence-corrected chi connectivity index (χ2v) is 19.5. The molecule has 4 aliphatic rings. The first-order valence-electron chi connectivity index (χ1n) is 15.3. The Morgan fingerprint density at radius 1 is 0.688 bits per heavy atom. The standard InChI is InChI=1S/C31H58Si/c1-7-12-24-20-30(28-15-10-8-13-26(24)28)32(5,6)31-21-25(19-23(4)18-17-22(2)3)27-14-9-11-16-29(27)31/h22-31H,7-21H2,1-6H3. The van der Waals surface area contributed by atoms with Crippen molar-refractivity contribution >= 4 is 8.07 Å². The van der Waals surface area contributed by atoms with Gasteiger partial charge in [-0.3, -0.25) is 0 Å². The van der Waals surface area contributed by atoms with Crippen LogP contribution in [0.25, 0.3) is 0 Å². The Morgan fingerprint density at radius 3 is 1.72 bits per heavy atom. The second kappa shape index (κ2) is 10.9. The van der Waals surface area contributed by atoms with Crippen LogP contribution in [0, 0.1) is 47.3 Å². The van der Waals surface area contributed by atoms with Gasteiger partial charge in [0.15, 0.2) is 0 Å². The second-order valence-electron chi connectivity index (χ2n) is 14.4. The molecule has 0 aromatic carbocycles. The van der Waals surface area contributed by atoms with E-state index in [0.717, 1.165) is 58.4 Å². The van der Waals surface area contributed by atoms with Gasteiger partial charge in [-0.2, -0.15) is 0 Å². The summed E-state index contributed by atoms with van der Waals surface area (Å²) in [6, 6.07) is 0. The normalized spacial score (nSPS) is 41.0. The summed E-state index contributed by atoms with van der Waals surface area (Å²) in [5.74, 6) is 8.49. The molecule has 4 rings (SSSR count). The highest BCUT2D eigenvalue weighted by molar-refractivity contribution is 6.80. The Labute approximate surface area is 203 Å². The Hall–Kier alpha value is 0.217. The predicted octanol–water partition coefficient (Wildman–Crippen LogP) is 10.4. The number of fused-ring (bicyclic) bond motifs is 2. The summed E-state index contributed by atoms with van der Waals surface area (Å²) in [5, 5.41) is 0. The third-order valence-corrected chi connectivity index (χ3v) is 16.8. The van der Waals surface area contributed by atoms with Gasteiger partial charge in [0, 0.05) is 0 Å². The van der Waals surface area contributed by atoms with Crippen LogP contribution in [-0.4, -0.2) is 8.07 Å². The van der Waals surface area contributed by atoms with Gasteiger partial charge in [-0.25, -0.2) is 0 Å². The van der Waals surface area contributed by atoms with Crippen LogP contribution in [0.1, 0.15) is 124 Å². The monoisotopic (exact) mass is 458 g/mol. The van der Waals surface area contributed by atoms with E-state index in [-0.39, 0.29) is 0 Å². The number of hydrogen-bond donors (Lipinski definition) is 0. The summed E-state index contributed by atoms with van der Waals surface area (Å²) in [7, 11) is -1.25. The molecule has 0 nitrogen and oxygen atoms in total. The van der Waals surface area contributed by atoms with Crippen molar-refractivity contribution < 1.29 is 0 Å². The zero-order chi connectivity index (χ0) is 22.9. The lowest BCUT2D eigenvalue weighted by atomic mass is 9.75. The Bertz CT molecular complexity index is 579. The van der Waals surface area contributed by atoms with Crippen LogP contribution in [0.5, 0.6) is 0 Å². The fraction of sp³-hybridized carbons (Fsp3) is 1.00. The number of rotatable bonds is 9. The third kappa shape index (κ3) is 5.23. The maximum atomic E-state index is 2.92. The van der Waals surface area contributed by atoms with Crippen LogP contribution in [0.3, 0.4) is 0 Å². The minimum atomic E-state index is -1.25. The summed E-state index contributed by atoms with van der Waals surface area (Å²) >= 11 is 0. The van der Waals surface area contributed by atoms with Crippen LogP contribution in [0.4, 0.5) is 0 Å². The minimum absolute atomic E-state index is 0.879. The van der Waals surface area contributed by atoms with Crippen molar-refractivity contribution in [2.24, 2.45) is 47.3 Å². The van der Waals surface area contributed by atoms with Crippen LogP contribution < -0.4 is 0 Å². The molecule has 32 heavy (non-hydrogen) atoms. The largest absolute Gasteiger partial charge is 0.0689 e. The SMILES string of the molecule is CCCC1CC([Si](C)(C)C2CC(CC(C)CCC(C)C)C3CCCCC32)C2CCCCC12. The fourth-order valence-electron chi connectivity index (χ4n) is 10.1. The van der Waals surface area contributed by atoms with Gasteiger partial charge < -0.3 is 0 Å². The van der Waals surface area contributed by atoms with Crippen molar-refractivity contribution in [3.05, 3.63) is 0 Å². The van der Waals surface area contributed by atoms with E-state index in [2.05, 4.69) is 40.8 Å². The fourth-order valence-corrected chi connectivity index (χ4v) is 15.5. The average molecular weight is 459 g/mol. The first-order chi connectivity index (χ1) is 15.3. The van der Waals surface area contributed by atoms with Gasteiger partial charge in [-0.15, -0.1) is 0 Å². The Kier molecular flexibility index (Phi) is 8.60. The highest BCUT2D eigenvalue weighted by Crippen LogP contribution is 2.64. The van der Waals surface area contributed by atoms with Crippen LogP contribution in [0.15, 0.2) is 0 Å². The summed E-state index contributed by atoms with van der Waals surface area (Å²) in [5.41, 5.74) is 2.32. The molecule has 1 heteroatoms. The van der Waals surface area contributed by atoms with Crippen molar-refractivity contribution in [1.82, 2.24) is 0 Å². The zero-order valence-corrected chi connectivity index (χ0v) is 23.9. The van der Waals surface area contributed by atoms with E-state index in [0.29, 0.717) is 0 Å². The molecule has 0 bridgehead atoms. The minimum Gasteiger partial charge on any atom is -0.0689 e. The third-order valence-electron chi connectivity index (χ3n) is 11.6. The van der Waals surface area contributed by atoms with Crippen molar-refractivity contribution in [2.45, 2.75) is 148 Å². The molecule has 0 aromatic rings. The highest BCUT2D eigenvalue weighted by Gasteiger charge is 2.57. The average Bonchev–Trinajstić information content (AvgIpc) is 3.33. The van der Waals surface area contributed by atoms with Gasteiger partial charge in [0.25, 0.3) is 0 Å². The van der Waals surface area contributed by atoms with Crippen molar-refractivity contribution in [2.75, 3.05) is 0 Å². The molecule has 0 N–H and O–H groups in total. The molecule has 9 atom stereocenters. The molecule has 186 valence electrons. The number of hydrogen-bond acceptors (Lipinski definition) is 0. The maximum absolute atomic E-state index is 2.92. The maximum Gasteiger partial charge on any atom is 0.0541 e. The summed E-state index contributed by atoms with van der Waals surface area (Å²) in [6.07, 6.45) is 23.3. The van der Waals surface area contributed by atoms with E-state index < -0.39 is 8.07 Å². The van der Waals surface area contributed by atoms with E-state index >= 15 is 0 Å². The van der Waals surface area contributed by atoms with Crippen molar-refractivity contribution in [1.29, 1.82) is 0 Å². The first-order valence-corrected chi connectivity index (χ1v) is 18.5. The van der Waals surface area contributed by atoms with Gasteiger partial charge >= 0.3 is 0 Å². The molecule has 0 radical (unpaired) electrons. The molecule has 0 aliphatic heterocycles. The van der Waals surface area contributed by atoms with Crippen molar-refractivity contribution in [3.63, 3.8) is 0 Å². The van der Waals surface area contributed by atoms with E-state index in [9.17, 15) is 0 Å². The lowest BCUT2D eigenvalue weighted by Gasteiger charge is -2.45. The molecule has 4 fully saturated rings. The van der Waals surface area contributed by atoms with E-state index in [1.807, 2.05) is 0 Å². The van der Waals surface area contributed by atoms with Gasteiger partial charge in [0.2, 0.25) is 0 Å². The van der Waals surface area contributed by atoms with Crippen LogP contribution >= 0.6 is 0 Å². The van der Waals surface area contributed by atoms with E-state index in [1.165, 1.54) is 25.7 Å². The topological polar surface area (TPSA) is 0 Å². The quantitative estimate of drug-likeness (QED) is 0.301. The molecule has 0 amide bonds. The highest BCUT2D eigenvalue weighted by atomic mass is 28.3. The molecule has 0 aromatic heterocycles. The molecule has 0 saturated heterocycles. The zero-order valence-electron chi connectivity index (χ0n) is 22.9. The molecule has 4 aliphatic carbocycles. The molecule has 0 heterocycles. The van der Waals surface area contributed by atoms with E-state index in [1.54, 1.807) is 70.6 Å². The lowest BCUT2D eigenvalue weighted by molar-refractivity contribution is 0.200. The van der Waals surface area contributed by atoms with Gasteiger partial charge in [0.1, 0.15) is 0 Å². The molecular weight excluding hydrogens is 400 g/mol.